The van der Waals surface area contributed by atoms with Crippen molar-refractivity contribution in [2.24, 2.45) is 5.10 Å². The summed E-state index contributed by atoms with van der Waals surface area (Å²) >= 11 is 3.29. The van der Waals surface area contributed by atoms with Crippen LogP contribution in [0.4, 0.5) is 11.4 Å². The topological polar surface area (TPSA) is 117 Å². The average molecular weight is 559 g/mol. The highest BCUT2D eigenvalue weighted by Gasteiger charge is 2.20. The number of sulfonamides is 1. The van der Waals surface area contributed by atoms with E-state index in [9.17, 15) is 18.0 Å². The van der Waals surface area contributed by atoms with Crippen molar-refractivity contribution in [1.82, 2.24) is 5.43 Å². The summed E-state index contributed by atoms with van der Waals surface area (Å²) in [6.45, 7) is -0.566. The highest BCUT2D eigenvalue weighted by atomic mass is 79.9. The van der Waals surface area contributed by atoms with Crippen LogP contribution in [0.15, 0.2) is 88.4 Å². The van der Waals surface area contributed by atoms with Crippen molar-refractivity contribution in [2.75, 3.05) is 29.0 Å². The van der Waals surface area contributed by atoms with Crippen molar-refractivity contribution in [3.8, 4) is 5.75 Å². The van der Waals surface area contributed by atoms with Crippen molar-refractivity contribution in [1.29, 1.82) is 0 Å². The molecule has 35 heavy (non-hydrogen) atoms. The second-order valence-electron chi connectivity index (χ2n) is 7.31. The van der Waals surface area contributed by atoms with Gasteiger partial charge in [-0.2, -0.15) is 5.10 Å². The van der Waals surface area contributed by atoms with Crippen molar-refractivity contribution in [3.63, 3.8) is 0 Å². The largest absolute Gasteiger partial charge is 0.484 e. The lowest BCUT2D eigenvalue weighted by atomic mass is 10.2. The van der Waals surface area contributed by atoms with E-state index in [1.807, 2.05) is 18.2 Å². The Morgan fingerprint density at radius 3 is 2.26 bits per heavy atom. The zero-order valence-corrected chi connectivity index (χ0v) is 21.1. The molecule has 9 nitrogen and oxygen atoms in total. The second kappa shape index (κ2) is 12.1. The van der Waals surface area contributed by atoms with Crippen LogP contribution in [0.25, 0.3) is 0 Å². The minimum atomic E-state index is -3.67. The van der Waals surface area contributed by atoms with Crippen LogP contribution >= 0.6 is 15.9 Å². The van der Waals surface area contributed by atoms with Gasteiger partial charge in [-0.3, -0.25) is 13.9 Å². The van der Waals surface area contributed by atoms with E-state index in [0.29, 0.717) is 22.7 Å². The minimum Gasteiger partial charge on any atom is -0.484 e. The van der Waals surface area contributed by atoms with Crippen LogP contribution in [0, 0.1) is 0 Å². The van der Waals surface area contributed by atoms with Gasteiger partial charge in [0, 0.05) is 10.2 Å². The Labute approximate surface area is 212 Å². The number of carbonyl (C=O) groups is 2. The van der Waals surface area contributed by atoms with Gasteiger partial charge in [0.05, 0.1) is 18.2 Å². The summed E-state index contributed by atoms with van der Waals surface area (Å²) in [5, 5.41) is 6.61. The van der Waals surface area contributed by atoms with Crippen molar-refractivity contribution >= 4 is 55.4 Å². The number of ether oxygens (including phenoxy) is 1. The van der Waals surface area contributed by atoms with Crippen LogP contribution in [-0.2, 0) is 19.6 Å². The molecule has 0 aromatic heterocycles. The zero-order valence-electron chi connectivity index (χ0n) is 18.7. The molecule has 0 saturated heterocycles. The number of benzene rings is 3. The van der Waals surface area contributed by atoms with Gasteiger partial charge in [0.25, 0.3) is 11.8 Å². The van der Waals surface area contributed by atoms with E-state index in [1.54, 1.807) is 60.7 Å². The third-order valence-electron chi connectivity index (χ3n) is 4.51. The van der Waals surface area contributed by atoms with E-state index in [2.05, 4.69) is 31.8 Å². The number of halogens is 1. The predicted octanol–water partition coefficient (Wildman–Crippen LogP) is 3.38. The maximum absolute atomic E-state index is 12.3. The third-order valence-corrected chi connectivity index (χ3v) is 6.18. The number of carbonyl (C=O) groups excluding carboxylic acids is 2. The molecule has 3 aromatic rings. The Balaban J connectivity index is 1.49. The van der Waals surface area contributed by atoms with E-state index in [4.69, 9.17) is 4.74 Å². The van der Waals surface area contributed by atoms with Crippen molar-refractivity contribution in [2.45, 2.75) is 0 Å². The SMILES string of the molecule is CS(=O)(=O)N(CC(=O)N/N=C\c1ccc(OCC(=O)Nc2ccccc2)cc1)c1ccc(Br)cc1. The zero-order chi connectivity index (χ0) is 25.3. The maximum Gasteiger partial charge on any atom is 0.262 e. The van der Waals surface area contributed by atoms with Gasteiger partial charge < -0.3 is 10.1 Å². The fourth-order valence-corrected chi connectivity index (χ4v) is 3.99. The fraction of sp³-hybridized carbons (Fsp3) is 0.125. The fourth-order valence-electron chi connectivity index (χ4n) is 2.87. The van der Waals surface area contributed by atoms with Crippen LogP contribution in [-0.4, -0.2) is 45.9 Å². The smallest absolute Gasteiger partial charge is 0.262 e. The van der Waals surface area contributed by atoms with Gasteiger partial charge in [0.1, 0.15) is 12.3 Å². The first-order valence-corrected chi connectivity index (χ1v) is 13.0. The third kappa shape index (κ3) is 8.54. The highest BCUT2D eigenvalue weighted by molar-refractivity contribution is 9.10. The Bertz CT molecular complexity index is 1280. The molecular weight excluding hydrogens is 536 g/mol. The molecule has 2 amide bonds. The number of hydrogen-bond acceptors (Lipinski definition) is 6. The molecule has 0 bridgehead atoms. The molecule has 0 saturated carbocycles. The van der Waals surface area contributed by atoms with Crippen molar-refractivity contribution in [3.05, 3.63) is 88.9 Å². The molecule has 0 unspecified atom stereocenters. The average Bonchev–Trinajstić information content (AvgIpc) is 2.83. The summed E-state index contributed by atoms with van der Waals surface area (Å²) in [5.41, 5.74) is 4.04. The van der Waals surface area contributed by atoms with Crippen LogP contribution in [0.5, 0.6) is 5.75 Å². The summed E-state index contributed by atoms with van der Waals surface area (Å²) in [4.78, 5) is 24.2. The molecule has 0 radical (unpaired) electrons. The molecule has 0 spiro atoms. The quantitative estimate of drug-likeness (QED) is 0.292. The van der Waals surface area contributed by atoms with E-state index in [1.165, 1.54) is 6.21 Å². The molecule has 0 fully saturated rings. The van der Waals surface area contributed by atoms with E-state index in [-0.39, 0.29) is 12.5 Å². The number of hydrogen-bond donors (Lipinski definition) is 2. The van der Waals surface area contributed by atoms with E-state index >= 15 is 0 Å². The molecule has 0 atom stereocenters. The molecule has 0 aliphatic rings. The predicted molar refractivity (Wildman–Crippen MR) is 139 cm³/mol. The Morgan fingerprint density at radius 2 is 1.63 bits per heavy atom. The monoisotopic (exact) mass is 558 g/mol. The maximum atomic E-state index is 12.3. The molecule has 11 heteroatoms. The highest BCUT2D eigenvalue weighted by Crippen LogP contribution is 2.20. The van der Waals surface area contributed by atoms with Gasteiger partial charge in [-0.15, -0.1) is 0 Å². The van der Waals surface area contributed by atoms with Gasteiger partial charge in [-0.05, 0) is 66.2 Å². The lowest BCUT2D eigenvalue weighted by Gasteiger charge is -2.21. The van der Waals surface area contributed by atoms with Crippen molar-refractivity contribution < 1.29 is 22.7 Å². The number of rotatable bonds is 10. The molecule has 3 aromatic carbocycles. The standard InChI is InChI=1S/C24H23BrN4O5S/c1-35(32,33)29(21-11-9-19(25)10-12-21)16-23(30)28-26-15-18-7-13-22(14-8-18)34-17-24(31)27-20-5-3-2-4-6-20/h2-15H,16-17H2,1H3,(H,27,31)(H,28,30)/b26-15-. The van der Waals surface area contributed by atoms with Crippen LogP contribution < -0.4 is 19.8 Å². The Hall–Kier alpha value is -3.70. The molecular formula is C24H23BrN4O5S. The first-order valence-electron chi connectivity index (χ1n) is 10.3. The molecule has 182 valence electrons. The number of hydrazone groups is 1. The normalized spacial score (nSPS) is 11.1. The van der Waals surface area contributed by atoms with Gasteiger partial charge >= 0.3 is 0 Å². The molecule has 3 rings (SSSR count). The summed E-state index contributed by atoms with van der Waals surface area (Å²) in [5.74, 6) is -0.387. The van der Waals surface area contributed by atoms with Crippen LogP contribution in [0.2, 0.25) is 0 Å². The first-order chi connectivity index (χ1) is 16.7. The number of amides is 2. The number of anilines is 2. The van der Waals surface area contributed by atoms with Crippen LogP contribution in [0.1, 0.15) is 5.56 Å². The number of para-hydroxylation sites is 1. The summed E-state index contributed by atoms with van der Waals surface area (Å²) in [6, 6.07) is 22.4. The molecule has 0 aliphatic heterocycles. The summed E-state index contributed by atoms with van der Waals surface area (Å²) < 4.78 is 31.5. The van der Waals surface area contributed by atoms with E-state index < -0.39 is 22.5 Å². The Morgan fingerprint density at radius 1 is 0.971 bits per heavy atom. The summed E-state index contributed by atoms with van der Waals surface area (Å²) in [6.07, 6.45) is 2.44. The molecule has 0 heterocycles. The lowest BCUT2D eigenvalue weighted by molar-refractivity contribution is -0.119. The van der Waals surface area contributed by atoms with Gasteiger partial charge in [0.15, 0.2) is 6.61 Å². The second-order valence-corrected chi connectivity index (χ2v) is 10.1. The van der Waals surface area contributed by atoms with Gasteiger partial charge in [-0.1, -0.05) is 34.1 Å². The van der Waals surface area contributed by atoms with E-state index in [0.717, 1.165) is 15.0 Å². The lowest BCUT2D eigenvalue weighted by Crippen LogP contribution is -2.38. The molecule has 2 N–H and O–H groups in total. The minimum absolute atomic E-state index is 0.145. The summed E-state index contributed by atoms with van der Waals surface area (Å²) in [7, 11) is -3.67. The Kier molecular flexibility index (Phi) is 8.98. The molecule has 0 aliphatic carbocycles. The number of nitrogens with one attached hydrogen (secondary N) is 2. The van der Waals surface area contributed by atoms with Gasteiger partial charge in [-0.25, -0.2) is 13.8 Å². The number of nitrogens with zero attached hydrogens (tertiary/aromatic N) is 2. The first kappa shape index (κ1) is 25.9. The van der Waals surface area contributed by atoms with Crippen LogP contribution in [0.3, 0.4) is 0 Å². The van der Waals surface area contributed by atoms with Gasteiger partial charge in [0.2, 0.25) is 10.0 Å².